The lowest BCUT2D eigenvalue weighted by Gasteiger charge is -2.16. The minimum absolute atomic E-state index is 0.238. The first-order valence-corrected chi connectivity index (χ1v) is 8.51. The molecule has 0 spiro atoms. The Morgan fingerprint density at radius 1 is 1.21 bits per heavy atom. The number of hydrogen-bond acceptors (Lipinski definition) is 6. The molecule has 0 saturated heterocycles. The monoisotopic (exact) mass is 380 g/mol. The number of rotatable bonds is 6. The van der Waals surface area contributed by atoms with Crippen LogP contribution in [-0.4, -0.2) is 49.8 Å². The predicted octanol–water partition coefficient (Wildman–Crippen LogP) is 1.11. The summed E-state index contributed by atoms with van der Waals surface area (Å²) in [5, 5.41) is 13.4. The zero-order chi connectivity index (χ0) is 20.3. The van der Waals surface area contributed by atoms with Crippen LogP contribution in [0.15, 0.2) is 49.2 Å². The minimum atomic E-state index is -1.04. The second kappa shape index (κ2) is 7.97. The highest BCUT2D eigenvalue weighted by atomic mass is 16.4. The van der Waals surface area contributed by atoms with Crippen molar-refractivity contribution in [2.75, 3.05) is 11.9 Å². The Morgan fingerprint density at radius 3 is 2.46 bits per heavy atom. The number of amides is 1. The molecule has 0 aliphatic carbocycles. The van der Waals surface area contributed by atoms with Crippen LogP contribution in [0.1, 0.15) is 15.9 Å². The molecule has 0 aliphatic rings. The van der Waals surface area contributed by atoms with Gasteiger partial charge in [0, 0.05) is 38.2 Å². The van der Waals surface area contributed by atoms with Gasteiger partial charge in [0.2, 0.25) is 0 Å². The molecule has 0 fully saturated rings. The second-order valence-corrected chi connectivity index (χ2v) is 6.38. The zero-order valence-electron chi connectivity index (χ0n) is 15.5. The van der Waals surface area contributed by atoms with Crippen LogP contribution in [0.2, 0.25) is 0 Å². The highest BCUT2D eigenvalue weighted by molar-refractivity contribution is 6.06. The van der Waals surface area contributed by atoms with E-state index >= 15 is 0 Å². The van der Waals surface area contributed by atoms with Crippen molar-refractivity contribution in [1.82, 2.24) is 19.7 Å². The molecule has 9 nitrogen and oxygen atoms in total. The second-order valence-electron chi connectivity index (χ2n) is 6.38. The van der Waals surface area contributed by atoms with Gasteiger partial charge in [0.1, 0.15) is 12.4 Å². The van der Waals surface area contributed by atoms with Crippen LogP contribution in [0.3, 0.4) is 0 Å². The van der Waals surface area contributed by atoms with Crippen LogP contribution in [0.5, 0.6) is 0 Å². The van der Waals surface area contributed by atoms with Gasteiger partial charge in [-0.2, -0.15) is 5.10 Å². The first kappa shape index (κ1) is 19.2. The summed E-state index contributed by atoms with van der Waals surface area (Å²) in [5.74, 6) is -0.820. The Bertz CT molecular complexity index is 985. The van der Waals surface area contributed by atoms with Crippen LogP contribution in [0.25, 0.3) is 11.1 Å². The molecule has 1 amide bonds. The highest BCUT2D eigenvalue weighted by Gasteiger charge is 2.21. The number of carbonyl (C=O) groups excluding carboxylic acids is 1. The number of aliphatic carboxylic acids is 1. The van der Waals surface area contributed by atoms with Gasteiger partial charge in [-0.3, -0.25) is 19.2 Å². The van der Waals surface area contributed by atoms with Crippen molar-refractivity contribution in [2.45, 2.75) is 12.5 Å². The largest absolute Gasteiger partial charge is 0.480 e. The van der Waals surface area contributed by atoms with Gasteiger partial charge in [-0.25, -0.2) is 9.97 Å². The maximum atomic E-state index is 12.7. The van der Waals surface area contributed by atoms with Crippen molar-refractivity contribution in [3.05, 3.63) is 60.3 Å². The molecule has 144 valence electrons. The van der Waals surface area contributed by atoms with Gasteiger partial charge < -0.3 is 10.8 Å². The third-order valence-corrected chi connectivity index (χ3v) is 4.28. The smallest absolute Gasteiger partial charge is 0.320 e. The normalized spacial score (nSPS) is 11.8. The molecule has 1 atom stereocenters. The molecular weight excluding hydrogens is 360 g/mol. The Balaban J connectivity index is 1.88. The minimum Gasteiger partial charge on any atom is -0.480 e. The predicted molar refractivity (Wildman–Crippen MR) is 103 cm³/mol. The number of aromatic nitrogens is 4. The maximum absolute atomic E-state index is 12.7. The van der Waals surface area contributed by atoms with E-state index < -0.39 is 12.0 Å². The standard InChI is InChI=1S/C19H20N6O3/c1-24-10-15(13-5-3-12(4-6-13)7-16(20)19(27)28)17(23-24)25(2)18(26)14-8-21-11-22-9-14/h3-6,8-11,16H,7,20H2,1-2H3,(H,27,28)/t16-/m0/s1. The van der Waals surface area contributed by atoms with E-state index in [-0.39, 0.29) is 12.3 Å². The Hall–Kier alpha value is -3.59. The fourth-order valence-electron chi connectivity index (χ4n) is 2.79. The quantitative estimate of drug-likeness (QED) is 0.655. The number of anilines is 1. The molecule has 9 heteroatoms. The summed E-state index contributed by atoms with van der Waals surface area (Å²) in [7, 11) is 3.42. The van der Waals surface area contributed by atoms with Crippen molar-refractivity contribution in [2.24, 2.45) is 12.8 Å². The fourth-order valence-corrected chi connectivity index (χ4v) is 2.79. The lowest BCUT2D eigenvalue weighted by molar-refractivity contribution is -0.138. The summed E-state index contributed by atoms with van der Waals surface area (Å²) in [6.45, 7) is 0. The summed E-state index contributed by atoms with van der Waals surface area (Å²) < 4.78 is 1.63. The van der Waals surface area contributed by atoms with Crippen molar-refractivity contribution in [3.8, 4) is 11.1 Å². The van der Waals surface area contributed by atoms with Crippen LogP contribution < -0.4 is 10.6 Å². The number of carboxylic acids is 1. The number of nitrogens with two attached hydrogens (primary N) is 1. The Labute approximate surface area is 161 Å². The molecule has 3 N–H and O–H groups in total. The number of carboxylic acid groups (broad SMARTS) is 1. The van der Waals surface area contributed by atoms with Gasteiger partial charge in [-0.05, 0) is 17.5 Å². The van der Waals surface area contributed by atoms with E-state index in [0.717, 1.165) is 16.7 Å². The molecule has 0 unspecified atom stereocenters. The molecule has 2 aromatic heterocycles. The van der Waals surface area contributed by atoms with E-state index in [1.54, 1.807) is 18.8 Å². The van der Waals surface area contributed by atoms with Crippen LogP contribution in [-0.2, 0) is 18.3 Å². The lowest BCUT2D eigenvalue weighted by Crippen LogP contribution is -2.32. The first-order valence-electron chi connectivity index (χ1n) is 8.51. The van der Waals surface area contributed by atoms with E-state index in [1.807, 2.05) is 30.5 Å². The SMILES string of the molecule is CN(C(=O)c1cncnc1)c1nn(C)cc1-c1ccc(C[C@H](N)C(=O)O)cc1. The molecule has 3 aromatic rings. The molecule has 0 aliphatic heterocycles. The highest BCUT2D eigenvalue weighted by Crippen LogP contribution is 2.30. The summed E-state index contributed by atoms with van der Waals surface area (Å²) in [6, 6.07) is 6.41. The maximum Gasteiger partial charge on any atom is 0.320 e. The summed E-state index contributed by atoms with van der Waals surface area (Å²) >= 11 is 0. The summed E-state index contributed by atoms with van der Waals surface area (Å²) in [5.41, 5.74) is 8.38. The Kier molecular flexibility index (Phi) is 5.46. The van der Waals surface area contributed by atoms with Crippen molar-refractivity contribution in [1.29, 1.82) is 0 Å². The fraction of sp³-hybridized carbons (Fsp3) is 0.211. The molecule has 3 rings (SSSR count). The topological polar surface area (TPSA) is 127 Å². The average molecular weight is 380 g/mol. The number of hydrogen-bond donors (Lipinski definition) is 2. The molecule has 1 aromatic carbocycles. The average Bonchev–Trinajstić information content (AvgIpc) is 3.09. The van der Waals surface area contributed by atoms with Gasteiger partial charge in [-0.15, -0.1) is 0 Å². The van der Waals surface area contributed by atoms with Crippen LogP contribution >= 0.6 is 0 Å². The number of aryl methyl sites for hydroxylation is 1. The van der Waals surface area contributed by atoms with Crippen LogP contribution in [0, 0.1) is 0 Å². The van der Waals surface area contributed by atoms with Crippen molar-refractivity contribution in [3.63, 3.8) is 0 Å². The third kappa shape index (κ3) is 4.04. The zero-order valence-corrected chi connectivity index (χ0v) is 15.5. The van der Waals surface area contributed by atoms with Crippen LogP contribution in [0.4, 0.5) is 5.82 Å². The molecule has 28 heavy (non-hydrogen) atoms. The van der Waals surface area contributed by atoms with E-state index in [9.17, 15) is 9.59 Å². The van der Waals surface area contributed by atoms with Crippen molar-refractivity contribution >= 4 is 17.7 Å². The summed E-state index contributed by atoms with van der Waals surface area (Å²) in [4.78, 5) is 32.8. The van der Waals surface area contributed by atoms with Gasteiger partial charge in [0.05, 0.1) is 5.56 Å². The van der Waals surface area contributed by atoms with E-state index in [4.69, 9.17) is 10.8 Å². The Morgan fingerprint density at radius 2 is 1.86 bits per heavy atom. The molecule has 0 radical (unpaired) electrons. The lowest BCUT2D eigenvalue weighted by atomic mass is 10.0. The number of carbonyl (C=O) groups is 2. The third-order valence-electron chi connectivity index (χ3n) is 4.28. The molecule has 0 saturated carbocycles. The number of nitrogens with zero attached hydrogens (tertiary/aromatic N) is 5. The first-order chi connectivity index (χ1) is 13.4. The molecule has 2 heterocycles. The summed E-state index contributed by atoms with van der Waals surface area (Å²) in [6.07, 6.45) is 6.32. The van der Waals surface area contributed by atoms with Gasteiger partial charge >= 0.3 is 5.97 Å². The number of benzene rings is 1. The van der Waals surface area contributed by atoms with Gasteiger partial charge in [0.15, 0.2) is 5.82 Å². The van der Waals surface area contributed by atoms with E-state index in [2.05, 4.69) is 15.1 Å². The van der Waals surface area contributed by atoms with E-state index in [1.165, 1.54) is 23.6 Å². The van der Waals surface area contributed by atoms with Gasteiger partial charge in [0.25, 0.3) is 5.91 Å². The molecular formula is C19H20N6O3. The van der Waals surface area contributed by atoms with Crippen molar-refractivity contribution < 1.29 is 14.7 Å². The van der Waals surface area contributed by atoms with E-state index in [0.29, 0.717) is 11.4 Å². The van der Waals surface area contributed by atoms with Gasteiger partial charge in [-0.1, -0.05) is 24.3 Å². The molecule has 0 bridgehead atoms.